The van der Waals surface area contributed by atoms with E-state index >= 15 is 0 Å². The van der Waals surface area contributed by atoms with Crippen molar-refractivity contribution in [1.82, 2.24) is 9.91 Å². The molecule has 7 heteroatoms. The lowest BCUT2D eigenvalue weighted by atomic mass is 9.84. The fourth-order valence-corrected chi connectivity index (χ4v) is 4.32. The van der Waals surface area contributed by atoms with Gasteiger partial charge in [0, 0.05) is 19.4 Å². The zero-order valence-corrected chi connectivity index (χ0v) is 16.5. The van der Waals surface area contributed by atoms with Gasteiger partial charge in [-0.25, -0.2) is 9.40 Å². The number of hydrogen-bond donors (Lipinski definition) is 0. The van der Waals surface area contributed by atoms with Crippen molar-refractivity contribution in [3.8, 4) is 0 Å². The molecule has 0 unspecified atom stereocenters. The van der Waals surface area contributed by atoms with Crippen molar-refractivity contribution in [2.24, 2.45) is 11.0 Å². The molecule has 1 fully saturated rings. The number of halogens is 1. The molecule has 1 aromatic heterocycles. The first-order valence-corrected chi connectivity index (χ1v) is 10.3. The average molecular weight is 399 g/mol. The summed E-state index contributed by atoms with van der Waals surface area (Å²) in [7, 11) is 1.67. The molecule has 1 saturated carbocycles. The van der Waals surface area contributed by atoms with Crippen LogP contribution in [0.25, 0.3) is 0 Å². The highest BCUT2D eigenvalue weighted by molar-refractivity contribution is 7.12. The lowest BCUT2D eigenvalue weighted by molar-refractivity contribution is -0.144. The summed E-state index contributed by atoms with van der Waals surface area (Å²) in [6.07, 6.45) is 3.45. The molecule has 2 aromatic rings. The number of hydrogen-bond acceptors (Lipinski definition) is 4. The molecule has 0 N–H and O–H groups in total. The van der Waals surface area contributed by atoms with Crippen LogP contribution < -0.4 is 0 Å². The van der Waals surface area contributed by atoms with E-state index in [1.807, 2.05) is 17.5 Å². The standard InChI is InChI=1S/C21H22FN3O2S/c1-24(21(27)15-4-2-5-15)13-20(26)25-18(14-7-9-16(22)10-8-14)12-17(23-25)19-6-3-11-28-19/h3,6-11,15,18H,2,4-5,12-13H2,1H3/t18-/m0/s1. The van der Waals surface area contributed by atoms with Crippen molar-refractivity contribution < 1.29 is 14.0 Å². The molecule has 0 spiro atoms. The number of hydrazone groups is 1. The minimum atomic E-state index is -0.315. The summed E-state index contributed by atoms with van der Waals surface area (Å²) in [4.78, 5) is 27.9. The van der Waals surface area contributed by atoms with Crippen molar-refractivity contribution in [3.63, 3.8) is 0 Å². The topological polar surface area (TPSA) is 53.0 Å². The fraction of sp³-hybridized carbons (Fsp3) is 0.381. The maximum atomic E-state index is 13.4. The van der Waals surface area contributed by atoms with Gasteiger partial charge in [-0.1, -0.05) is 24.6 Å². The quantitative estimate of drug-likeness (QED) is 0.767. The number of carbonyl (C=O) groups excluding carboxylic acids is 2. The van der Waals surface area contributed by atoms with E-state index in [9.17, 15) is 14.0 Å². The number of nitrogens with zero attached hydrogens (tertiary/aromatic N) is 3. The molecule has 2 aliphatic rings. The third-order valence-electron chi connectivity index (χ3n) is 5.43. The molecule has 2 amide bonds. The molecule has 1 aromatic carbocycles. The Labute approximate surface area is 167 Å². The van der Waals surface area contributed by atoms with E-state index < -0.39 is 0 Å². The Morgan fingerprint density at radius 3 is 2.61 bits per heavy atom. The summed E-state index contributed by atoms with van der Waals surface area (Å²) in [5.74, 6) is -0.463. The number of amides is 2. The zero-order valence-electron chi connectivity index (χ0n) is 15.7. The molecule has 0 bridgehead atoms. The molecule has 28 heavy (non-hydrogen) atoms. The second kappa shape index (κ2) is 7.83. The number of thiophene rings is 1. The van der Waals surface area contributed by atoms with Crippen molar-refractivity contribution in [1.29, 1.82) is 0 Å². The van der Waals surface area contributed by atoms with Gasteiger partial charge >= 0.3 is 0 Å². The number of carbonyl (C=O) groups is 2. The molecule has 1 aliphatic heterocycles. The summed E-state index contributed by atoms with van der Waals surface area (Å²) in [5, 5.41) is 8.02. The van der Waals surface area contributed by atoms with E-state index in [1.165, 1.54) is 22.0 Å². The predicted octanol–water partition coefficient (Wildman–Crippen LogP) is 3.82. The van der Waals surface area contributed by atoms with Crippen LogP contribution in [-0.2, 0) is 9.59 Å². The van der Waals surface area contributed by atoms with E-state index in [0.717, 1.165) is 35.4 Å². The third kappa shape index (κ3) is 3.71. The van der Waals surface area contributed by atoms with Crippen LogP contribution in [0.1, 0.15) is 42.2 Å². The summed E-state index contributed by atoms with van der Waals surface area (Å²) in [5.41, 5.74) is 1.67. The lowest BCUT2D eigenvalue weighted by Crippen LogP contribution is -2.42. The highest BCUT2D eigenvalue weighted by Crippen LogP contribution is 2.34. The largest absolute Gasteiger partial charge is 0.336 e. The van der Waals surface area contributed by atoms with Gasteiger partial charge in [0.05, 0.1) is 16.6 Å². The average Bonchev–Trinajstić information content (AvgIpc) is 3.30. The number of likely N-dealkylation sites (N-methyl/N-ethyl adjacent to an activating group) is 1. The predicted molar refractivity (Wildman–Crippen MR) is 106 cm³/mol. The van der Waals surface area contributed by atoms with Crippen molar-refractivity contribution in [2.45, 2.75) is 31.7 Å². The normalized spacial score (nSPS) is 19.3. The van der Waals surface area contributed by atoms with Crippen LogP contribution in [-0.4, -0.2) is 41.0 Å². The Bertz CT molecular complexity index is 891. The molecule has 4 rings (SSSR count). The van der Waals surface area contributed by atoms with Crippen LogP contribution in [0.2, 0.25) is 0 Å². The van der Waals surface area contributed by atoms with Gasteiger partial charge in [-0.15, -0.1) is 11.3 Å². The lowest BCUT2D eigenvalue weighted by Gasteiger charge is -2.30. The highest BCUT2D eigenvalue weighted by atomic mass is 32.1. The van der Waals surface area contributed by atoms with Crippen LogP contribution >= 0.6 is 11.3 Å². The van der Waals surface area contributed by atoms with Crippen LogP contribution in [0.5, 0.6) is 0 Å². The van der Waals surface area contributed by atoms with Crippen LogP contribution in [0.4, 0.5) is 4.39 Å². The molecule has 1 atom stereocenters. The molecule has 146 valence electrons. The number of benzene rings is 1. The minimum Gasteiger partial charge on any atom is -0.336 e. The van der Waals surface area contributed by atoms with Gasteiger partial charge < -0.3 is 4.90 Å². The van der Waals surface area contributed by atoms with Crippen molar-refractivity contribution in [3.05, 3.63) is 58.0 Å². The first-order valence-electron chi connectivity index (χ1n) is 9.47. The molecular formula is C21H22FN3O2S. The Morgan fingerprint density at radius 2 is 2.00 bits per heavy atom. The second-order valence-corrected chi connectivity index (χ2v) is 8.30. The van der Waals surface area contributed by atoms with E-state index in [0.29, 0.717) is 6.42 Å². The molecule has 5 nitrogen and oxygen atoms in total. The fourth-order valence-electron chi connectivity index (χ4n) is 3.60. The number of rotatable bonds is 5. The van der Waals surface area contributed by atoms with Crippen LogP contribution in [0.15, 0.2) is 46.9 Å². The van der Waals surface area contributed by atoms with Gasteiger partial charge in [0.25, 0.3) is 5.91 Å². The van der Waals surface area contributed by atoms with Gasteiger partial charge in [0.1, 0.15) is 12.4 Å². The SMILES string of the molecule is CN(CC(=O)N1N=C(c2cccs2)C[C@H]1c1ccc(F)cc1)C(=O)C1CCC1. The van der Waals surface area contributed by atoms with Gasteiger partial charge in [0.15, 0.2) is 0 Å². The highest BCUT2D eigenvalue weighted by Gasteiger charge is 2.35. The van der Waals surface area contributed by atoms with Gasteiger partial charge in [-0.3, -0.25) is 9.59 Å². The Morgan fingerprint density at radius 1 is 1.25 bits per heavy atom. The molecule has 2 heterocycles. The van der Waals surface area contributed by atoms with Gasteiger partial charge in [-0.05, 0) is 42.0 Å². The van der Waals surface area contributed by atoms with E-state index in [1.54, 1.807) is 30.5 Å². The van der Waals surface area contributed by atoms with Gasteiger partial charge in [0.2, 0.25) is 5.91 Å². The molecule has 0 saturated heterocycles. The Balaban J connectivity index is 1.55. The monoisotopic (exact) mass is 399 g/mol. The zero-order chi connectivity index (χ0) is 19.7. The first kappa shape index (κ1) is 18.8. The van der Waals surface area contributed by atoms with E-state index in [-0.39, 0.29) is 36.1 Å². The maximum absolute atomic E-state index is 13.4. The van der Waals surface area contributed by atoms with Crippen molar-refractivity contribution in [2.75, 3.05) is 13.6 Å². The maximum Gasteiger partial charge on any atom is 0.262 e. The Hall–Kier alpha value is -2.54. The van der Waals surface area contributed by atoms with E-state index in [2.05, 4.69) is 5.10 Å². The van der Waals surface area contributed by atoms with Crippen LogP contribution in [0.3, 0.4) is 0 Å². The summed E-state index contributed by atoms with van der Waals surface area (Å²) >= 11 is 1.57. The minimum absolute atomic E-state index is 0.00571. The Kier molecular flexibility index (Phi) is 5.26. The molecular weight excluding hydrogens is 377 g/mol. The van der Waals surface area contributed by atoms with Crippen LogP contribution in [0, 0.1) is 11.7 Å². The third-order valence-corrected chi connectivity index (χ3v) is 6.35. The summed E-state index contributed by atoms with van der Waals surface area (Å²) < 4.78 is 13.4. The van der Waals surface area contributed by atoms with Crippen molar-refractivity contribution >= 4 is 28.9 Å². The summed E-state index contributed by atoms with van der Waals surface area (Å²) in [6, 6.07) is 9.81. The second-order valence-electron chi connectivity index (χ2n) is 7.36. The molecule has 0 radical (unpaired) electrons. The van der Waals surface area contributed by atoms with Gasteiger partial charge in [-0.2, -0.15) is 5.10 Å². The summed E-state index contributed by atoms with van der Waals surface area (Å²) in [6.45, 7) is -0.00571. The van der Waals surface area contributed by atoms with E-state index in [4.69, 9.17) is 0 Å². The molecule has 1 aliphatic carbocycles. The smallest absolute Gasteiger partial charge is 0.262 e. The first-order chi connectivity index (χ1) is 13.5.